The summed E-state index contributed by atoms with van der Waals surface area (Å²) in [5, 5.41) is 2.86. The van der Waals surface area contributed by atoms with E-state index in [0.717, 1.165) is 5.56 Å². The van der Waals surface area contributed by atoms with Gasteiger partial charge < -0.3 is 14.5 Å². The van der Waals surface area contributed by atoms with Crippen LogP contribution < -0.4 is 10.1 Å². The zero-order valence-electron chi connectivity index (χ0n) is 17.8. The average Bonchev–Trinajstić information content (AvgIpc) is 3.28. The quantitative estimate of drug-likeness (QED) is 0.411. The van der Waals surface area contributed by atoms with Crippen LogP contribution in [-0.4, -0.2) is 22.5 Å². The second-order valence-corrected chi connectivity index (χ2v) is 8.18. The summed E-state index contributed by atoms with van der Waals surface area (Å²) in [6.07, 6.45) is 9.90. The molecular formula is C26H25N3O3. The highest BCUT2D eigenvalue weighted by Crippen LogP contribution is 2.33. The highest BCUT2D eigenvalue weighted by atomic mass is 16.5. The van der Waals surface area contributed by atoms with Gasteiger partial charge in [-0.3, -0.25) is 9.78 Å². The molecule has 1 fully saturated rings. The molecule has 1 N–H and O–H groups in total. The van der Waals surface area contributed by atoms with Gasteiger partial charge in [0, 0.05) is 23.6 Å². The number of oxazole rings is 1. The number of amides is 1. The minimum atomic E-state index is -0.224. The van der Waals surface area contributed by atoms with Crippen LogP contribution >= 0.6 is 0 Å². The number of hydrogen-bond donors (Lipinski definition) is 1. The van der Waals surface area contributed by atoms with E-state index in [1.807, 2.05) is 24.3 Å². The number of carbonyl (C=O) groups is 1. The summed E-state index contributed by atoms with van der Waals surface area (Å²) >= 11 is 0. The smallest absolute Gasteiger partial charge is 0.262 e. The topological polar surface area (TPSA) is 77.2 Å². The molecule has 1 aliphatic carbocycles. The Morgan fingerprint density at radius 2 is 1.78 bits per heavy atom. The number of ether oxygens (including phenoxy) is 1. The van der Waals surface area contributed by atoms with Crippen molar-refractivity contribution in [1.82, 2.24) is 9.97 Å². The average molecular weight is 428 g/mol. The molecule has 4 aromatic rings. The molecule has 6 heteroatoms. The number of carbonyl (C=O) groups excluding carboxylic acids is 1. The largest absolute Gasteiger partial charge is 0.484 e. The molecule has 162 valence electrons. The molecule has 32 heavy (non-hydrogen) atoms. The lowest BCUT2D eigenvalue weighted by molar-refractivity contribution is -0.118. The SMILES string of the molecule is O=C(COc1ccc(C2CCCCC2)cc1)Nc1ccc2oc(-c3ccncc3)nc2c1. The maximum absolute atomic E-state index is 12.4. The van der Waals surface area contributed by atoms with Crippen LogP contribution in [0.1, 0.15) is 43.6 Å². The maximum Gasteiger partial charge on any atom is 0.262 e. The molecule has 1 saturated carbocycles. The predicted octanol–water partition coefficient (Wildman–Crippen LogP) is 5.96. The van der Waals surface area contributed by atoms with Gasteiger partial charge in [0.2, 0.25) is 5.89 Å². The van der Waals surface area contributed by atoms with Crippen molar-refractivity contribution in [3.63, 3.8) is 0 Å². The van der Waals surface area contributed by atoms with Crippen LogP contribution in [0.4, 0.5) is 5.69 Å². The lowest BCUT2D eigenvalue weighted by Gasteiger charge is -2.22. The first-order valence-electron chi connectivity index (χ1n) is 11.1. The van der Waals surface area contributed by atoms with Gasteiger partial charge in [0.15, 0.2) is 12.2 Å². The van der Waals surface area contributed by atoms with Crippen LogP contribution in [0.25, 0.3) is 22.6 Å². The Morgan fingerprint density at radius 3 is 2.56 bits per heavy atom. The Bertz CT molecular complexity index is 1200. The van der Waals surface area contributed by atoms with Crippen LogP contribution in [0.2, 0.25) is 0 Å². The van der Waals surface area contributed by atoms with Crippen LogP contribution in [0, 0.1) is 0 Å². The molecule has 1 amide bonds. The third-order valence-electron chi connectivity index (χ3n) is 5.93. The molecule has 0 spiro atoms. The number of aromatic nitrogens is 2. The summed E-state index contributed by atoms with van der Waals surface area (Å²) in [5.74, 6) is 1.66. The standard InChI is InChI=1S/C26H25N3O3/c30-25(17-31-22-9-6-19(7-10-22)18-4-2-1-3-5-18)28-21-8-11-24-23(16-21)29-26(32-24)20-12-14-27-15-13-20/h6-16,18H,1-5,17H2,(H,28,30). The van der Waals surface area contributed by atoms with Crippen molar-refractivity contribution in [3.8, 4) is 17.2 Å². The molecular weight excluding hydrogens is 402 g/mol. The second-order valence-electron chi connectivity index (χ2n) is 8.18. The summed E-state index contributed by atoms with van der Waals surface area (Å²) < 4.78 is 11.5. The summed E-state index contributed by atoms with van der Waals surface area (Å²) in [7, 11) is 0. The molecule has 0 bridgehead atoms. The molecule has 2 aromatic heterocycles. The Labute approximate surface area is 186 Å². The number of anilines is 1. The lowest BCUT2D eigenvalue weighted by Crippen LogP contribution is -2.20. The fourth-order valence-electron chi connectivity index (χ4n) is 4.24. The van der Waals surface area contributed by atoms with Gasteiger partial charge in [-0.2, -0.15) is 0 Å². The molecule has 0 aliphatic heterocycles. The van der Waals surface area contributed by atoms with Gasteiger partial charge in [0.05, 0.1) is 0 Å². The van der Waals surface area contributed by atoms with Crippen molar-refractivity contribution in [3.05, 3.63) is 72.6 Å². The molecule has 0 atom stereocenters. The Hall–Kier alpha value is -3.67. The highest BCUT2D eigenvalue weighted by Gasteiger charge is 2.15. The van der Waals surface area contributed by atoms with Crippen molar-refractivity contribution < 1.29 is 13.9 Å². The number of pyridine rings is 1. The third-order valence-corrected chi connectivity index (χ3v) is 5.93. The van der Waals surface area contributed by atoms with Crippen LogP contribution in [0.5, 0.6) is 5.75 Å². The lowest BCUT2D eigenvalue weighted by atomic mass is 9.84. The zero-order valence-corrected chi connectivity index (χ0v) is 17.8. The molecule has 0 unspecified atom stereocenters. The first-order valence-corrected chi connectivity index (χ1v) is 11.1. The second kappa shape index (κ2) is 9.22. The summed E-state index contributed by atoms with van der Waals surface area (Å²) in [6.45, 7) is -0.0537. The molecule has 0 radical (unpaired) electrons. The van der Waals surface area contributed by atoms with E-state index in [1.54, 1.807) is 30.6 Å². The van der Waals surface area contributed by atoms with E-state index in [0.29, 0.717) is 34.3 Å². The van der Waals surface area contributed by atoms with Gasteiger partial charge in [-0.25, -0.2) is 4.98 Å². The van der Waals surface area contributed by atoms with Gasteiger partial charge >= 0.3 is 0 Å². The van der Waals surface area contributed by atoms with E-state index in [1.165, 1.54) is 37.7 Å². The minimum absolute atomic E-state index is 0.0537. The molecule has 2 aromatic carbocycles. The minimum Gasteiger partial charge on any atom is -0.484 e. The molecule has 0 saturated heterocycles. The maximum atomic E-state index is 12.4. The predicted molar refractivity (Wildman–Crippen MR) is 124 cm³/mol. The number of benzene rings is 2. The zero-order chi connectivity index (χ0) is 21.8. The molecule has 6 nitrogen and oxygen atoms in total. The van der Waals surface area contributed by atoms with Gasteiger partial charge in [-0.05, 0) is 66.8 Å². The highest BCUT2D eigenvalue weighted by molar-refractivity contribution is 5.94. The van der Waals surface area contributed by atoms with E-state index < -0.39 is 0 Å². The Kier molecular flexibility index (Phi) is 5.83. The fourth-order valence-corrected chi connectivity index (χ4v) is 4.24. The third kappa shape index (κ3) is 4.64. The van der Waals surface area contributed by atoms with Gasteiger partial charge in [0.25, 0.3) is 5.91 Å². The van der Waals surface area contributed by atoms with Gasteiger partial charge in [-0.15, -0.1) is 0 Å². The summed E-state index contributed by atoms with van der Waals surface area (Å²) in [5.41, 5.74) is 4.20. The number of nitrogens with one attached hydrogen (secondary N) is 1. The first kappa shape index (κ1) is 20.2. The van der Waals surface area contributed by atoms with E-state index in [-0.39, 0.29) is 12.5 Å². The van der Waals surface area contributed by atoms with Crippen LogP contribution in [-0.2, 0) is 4.79 Å². The van der Waals surface area contributed by atoms with E-state index in [9.17, 15) is 4.79 Å². The first-order chi connectivity index (χ1) is 15.7. The van der Waals surface area contributed by atoms with Gasteiger partial charge in [0.1, 0.15) is 11.3 Å². The normalized spacial score (nSPS) is 14.4. The number of hydrogen-bond acceptors (Lipinski definition) is 5. The van der Waals surface area contributed by atoms with Crippen molar-refractivity contribution >= 4 is 22.7 Å². The summed E-state index contributed by atoms with van der Waals surface area (Å²) in [4.78, 5) is 20.9. The number of nitrogens with zero attached hydrogens (tertiary/aromatic N) is 2. The van der Waals surface area contributed by atoms with Gasteiger partial charge in [-0.1, -0.05) is 31.4 Å². The van der Waals surface area contributed by atoms with E-state index >= 15 is 0 Å². The number of rotatable bonds is 6. The molecule has 5 rings (SSSR count). The van der Waals surface area contributed by atoms with E-state index in [2.05, 4.69) is 27.4 Å². The van der Waals surface area contributed by atoms with Crippen molar-refractivity contribution in [1.29, 1.82) is 0 Å². The van der Waals surface area contributed by atoms with Crippen molar-refractivity contribution in [2.45, 2.75) is 38.0 Å². The van der Waals surface area contributed by atoms with E-state index in [4.69, 9.17) is 9.15 Å². The number of fused-ring (bicyclic) bond motifs is 1. The van der Waals surface area contributed by atoms with Crippen molar-refractivity contribution in [2.24, 2.45) is 0 Å². The van der Waals surface area contributed by atoms with Crippen LogP contribution in [0.3, 0.4) is 0 Å². The fraction of sp³-hybridized carbons (Fsp3) is 0.269. The summed E-state index contributed by atoms with van der Waals surface area (Å²) in [6, 6.07) is 17.2. The van der Waals surface area contributed by atoms with Crippen LogP contribution in [0.15, 0.2) is 71.4 Å². The molecule has 2 heterocycles. The monoisotopic (exact) mass is 427 g/mol. The Balaban J connectivity index is 1.18. The molecule has 1 aliphatic rings. The Morgan fingerprint density at radius 1 is 1.00 bits per heavy atom. The van der Waals surface area contributed by atoms with Crippen molar-refractivity contribution in [2.75, 3.05) is 11.9 Å².